The number of carbonyl (C=O) groups is 1. The number of hydrogen-bond donors (Lipinski definition) is 0. The van der Waals surface area contributed by atoms with Gasteiger partial charge in [0.15, 0.2) is 5.43 Å². The highest BCUT2D eigenvalue weighted by molar-refractivity contribution is 7.15. The lowest BCUT2D eigenvalue weighted by atomic mass is 9.98. The van der Waals surface area contributed by atoms with E-state index in [1.54, 1.807) is 12.1 Å². The van der Waals surface area contributed by atoms with Crippen LogP contribution in [0.5, 0.6) is 11.5 Å². The zero-order chi connectivity index (χ0) is 25.5. The van der Waals surface area contributed by atoms with E-state index in [2.05, 4.69) is 17.1 Å². The Bertz CT molecular complexity index is 1690. The molecular weight excluding hydrogens is 486 g/mol. The highest BCUT2D eigenvalue weighted by atomic mass is 32.1. The second-order valence-corrected chi connectivity index (χ2v) is 10.0. The highest BCUT2D eigenvalue weighted by Crippen LogP contribution is 2.43. The molecule has 0 saturated heterocycles. The summed E-state index contributed by atoms with van der Waals surface area (Å²) >= 11 is 1.35. The Morgan fingerprint density at radius 1 is 0.973 bits per heavy atom. The molecule has 1 aliphatic rings. The van der Waals surface area contributed by atoms with E-state index in [9.17, 15) is 9.59 Å². The van der Waals surface area contributed by atoms with Crippen LogP contribution in [-0.2, 0) is 6.42 Å². The van der Waals surface area contributed by atoms with Crippen molar-refractivity contribution in [2.45, 2.75) is 32.7 Å². The Balaban J connectivity index is 1.53. The molecule has 0 spiro atoms. The van der Waals surface area contributed by atoms with Gasteiger partial charge in [0.25, 0.3) is 5.91 Å². The second-order valence-electron chi connectivity index (χ2n) is 8.97. The first kappa shape index (κ1) is 23.1. The number of hydrogen-bond acceptors (Lipinski definition) is 7. The molecule has 0 fully saturated rings. The number of ether oxygens (including phenoxy) is 1. The monoisotopic (exact) mass is 509 g/mol. The molecule has 8 heteroatoms. The van der Waals surface area contributed by atoms with Crippen molar-refractivity contribution in [3.8, 4) is 11.5 Å². The van der Waals surface area contributed by atoms with Crippen molar-refractivity contribution in [2.75, 3.05) is 4.90 Å². The van der Waals surface area contributed by atoms with Crippen LogP contribution in [0.4, 0.5) is 5.13 Å². The fourth-order valence-electron chi connectivity index (χ4n) is 4.63. The topological polar surface area (TPSA) is 85.5 Å². The van der Waals surface area contributed by atoms with Gasteiger partial charge in [-0.3, -0.25) is 14.5 Å². The first-order chi connectivity index (χ1) is 18.0. The van der Waals surface area contributed by atoms with Crippen LogP contribution in [0.1, 0.15) is 51.6 Å². The molecule has 0 aliphatic carbocycles. The van der Waals surface area contributed by atoms with Crippen molar-refractivity contribution in [1.82, 2.24) is 10.2 Å². The Hall–Kier alpha value is -4.30. The van der Waals surface area contributed by atoms with Crippen molar-refractivity contribution in [1.29, 1.82) is 0 Å². The average Bonchev–Trinajstić information content (AvgIpc) is 3.48. The molecule has 1 aliphatic heterocycles. The van der Waals surface area contributed by atoms with E-state index < -0.39 is 11.9 Å². The van der Waals surface area contributed by atoms with Crippen LogP contribution in [0.2, 0.25) is 0 Å². The third kappa shape index (κ3) is 4.09. The van der Waals surface area contributed by atoms with Gasteiger partial charge >= 0.3 is 0 Å². The third-order valence-corrected chi connectivity index (χ3v) is 7.29. The van der Waals surface area contributed by atoms with Gasteiger partial charge in [-0.15, -0.1) is 10.2 Å². The largest absolute Gasteiger partial charge is 0.457 e. The summed E-state index contributed by atoms with van der Waals surface area (Å²) in [5.74, 6) is 0.907. The zero-order valence-electron chi connectivity index (χ0n) is 20.3. The van der Waals surface area contributed by atoms with Gasteiger partial charge in [0.2, 0.25) is 10.9 Å². The molecule has 2 aromatic heterocycles. The number of fused-ring (bicyclic) bond motifs is 2. The number of amides is 1. The van der Waals surface area contributed by atoms with E-state index in [-0.39, 0.29) is 11.2 Å². The van der Waals surface area contributed by atoms with Crippen LogP contribution in [0.25, 0.3) is 11.0 Å². The molecule has 184 valence electrons. The average molecular weight is 510 g/mol. The smallest absolute Gasteiger partial charge is 0.297 e. The quantitative estimate of drug-likeness (QED) is 0.262. The van der Waals surface area contributed by atoms with Crippen LogP contribution < -0.4 is 15.1 Å². The summed E-state index contributed by atoms with van der Waals surface area (Å²) in [5, 5.41) is 10.3. The van der Waals surface area contributed by atoms with Crippen molar-refractivity contribution in [3.63, 3.8) is 0 Å². The normalized spacial score (nSPS) is 14.8. The van der Waals surface area contributed by atoms with E-state index >= 15 is 0 Å². The van der Waals surface area contributed by atoms with Gasteiger partial charge in [0.1, 0.15) is 22.1 Å². The highest BCUT2D eigenvalue weighted by Gasteiger charge is 2.45. The minimum absolute atomic E-state index is 0.0352. The first-order valence-corrected chi connectivity index (χ1v) is 12.9. The molecule has 3 heterocycles. The summed E-state index contributed by atoms with van der Waals surface area (Å²) in [6, 6.07) is 21.5. The SMILES string of the molecule is CCCc1nnc(N2C(=O)c3oc4ccc(C)cc4c(=O)c3C2c2cccc(Oc3ccccc3)c2)s1. The molecule has 1 atom stereocenters. The Morgan fingerprint density at radius 3 is 2.59 bits per heavy atom. The third-order valence-electron chi connectivity index (χ3n) is 6.30. The molecule has 0 saturated carbocycles. The molecule has 3 aromatic carbocycles. The molecule has 0 bridgehead atoms. The van der Waals surface area contributed by atoms with E-state index in [0.717, 1.165) is 23.4 Å². The molecule has 1 amide bonds. The van der Waals surface area contributed by atoms with E-state index in [0.29, 0.717) is 38.7 Å². The maximum absolute atomic E-state index is 13.9. The molecule has 6 rings (SSSR count). The molecule has 5 aromatic rings. The fourth-order valence-corrected chi connectivity index (χ4v) is 5.60. The van der Waals surface area contributed by atoms with Gasteiger partial charge in [0.05, 0.1) is 17.0 Å². The van der Waals surface area contributed by atoms with Crippen LogP contribution in [0.3, 0.4) is 0 Å². The van der Waals surface area contributed by atoms with Crippen molar-refractivity contribution >= 4 is 33.3 Å². The number of carbonyl (C=O) groups excluding carboxylic acids is 1. The number of nitrogens with zero attached hydrogens (tertiary/aromatic N) is 3. The number of para-hydroxylation sites is 1. The summed E-state index contributed by atoms with van der Waals surface area (Å²) in [4.78, 5) is 29.2. The van der Waals surface area contributed by atoms with E-state index in [4.69, 9.17) is 9.15 Å². The number of rotatable bonds is 6. The van der Waals surface area contributed by atoms with Crippen molar-refractivity contribution < 1.29 is 13.9 Å². The van der Waals surface area contributed by atoms with Gasteiger partial charge in [-0.25, -0.2) is 0 Å². The predicted octanol–water partition coefficient (Wildman–Crippen LogP) is 6.45. The summed E-state index contributed by atoms with van der Waals surface area (Å²) in [6.45, 7) is 3.98. The number of anilines is 1. The second kappa shape index (κ2) is 9.29. The lowest BCUT2D eigenvalue weighted by Gasteiger charge is -2.22. The molecule has 37 heavy (non-hydrogen) atoms. The molecule has 1 unspecified atom stereocenters. The van der Waals surface area contributed by atoms with E-state index in [1.165, 1.54) is 16.2 Å². The zero-order valence-corrected chi connectivity index (χ0v) is 21.1. The lowest BCUT2D eigenvalue weighted by molar-refractivity contribution is 0.0970. The number of aryl methyl sites for hydroxylation is 2. The summed E-state index contributed by atoms with van der Waals surface area (Å²) < 4.78 is 12.1. The lowest BCUT2D eigenvalue weighted by Crippen LogP contribution is -2.29. The molecule has 0 N–H and O–H groups in total. The van der Waals surface area contributed by atoms with Crippen LogP contribution in [-0.4, -0.2) is 16.1 Å². The van der Waals surface area contributed by atoms with Crippen LogP contribution in [0.15, 0.2) is 82.0 Å². The van der Waals surface area contributed by atoms with E-state index in [1.807, 2.05) is 67.6 Å². The Kier molecular flexibility index (Phi) is 5.81. The van der Waals surface area contributed by atoms with Gasteiger partial charge in [0, 0.05) is 6.42 Å². The van der Waals surface area contributed by atoms with Crippen molar-refractivity contribution in [2.24, 2.45) is 0 Å². The molecule has 7 nitrogen and oxygen atoms in total. The first-order valence-electron chi connectivity index (χ1n) is 12.1. The van der Waals surface area contributed by atoms with Gasteiger partial charge < -0.3 is 9.15 Å². The summed E-state index contributed by atoms with van der Waals surface area (Å²) in [6.07, 6.45) is 1.67. The summed E-state index contributed by atoms with van der Waals surface area (Å²) in [7, 11) is 0. The maximum Gasteiger partial charge on any atom is 0.297 e. The molecule has 0 radical (unpaired) electrons. The molecular formula is C29H23N3O4S. The van der Waals surface area contributed by atoms with Crippen LogP contribution in [0, 0.1) is 6.92 Å². The van der Waals surface area contributed by atoms with Crippen LogP contribution >= 0.6 is 11.3 Å². The van der Waals surface area contributed by atoms with Gasteiger partial charge in [-0.1, -0.05) is 60.2 Å². The minimum Gasteiger partial charge on any atom is -0.457 e. The minimum atomic E-state index is -0.731. The summed E-state index contributed by atoms with van der Waals surface area (Å²) in [5.41, 5.74) is 2.10. The number of aromatic nitrogens is 2. The predicted molar refractivity (Wildman–Crippen MR) is 143 cm³/mol. The van der Waals surface area contributed by atoms with Crippen molar-refractivity contribution in [3.05, 3.63) is 110 Å². The van der Waals surface area contributed by atoms with Gasteiger partial charge in [-0.05, 0) is 55.3 Å². The Labute approximate surface area is 217 Å². The standard InChI is InChI=1S/C29H23N3O4S/c1-3-8-23-30-31-29(37-23)32-25(18-9-7-12-20(16-18)35-19-10-5-4-6-11-19)24-26(33)21-15-17(2)13-14-22(21)36-27(24)28(32)34/h4-7,9-16,25H,3,8H2,1-2H3. The van der Waals surface area contributed by atoms with Gasteiger partial charge in [-0.2, -0.15) is 0 Å². The fraction of sp³-hybridized carbons (Fsp3) is 0.172. The maximum atomic E-state index is 13.9. The number of benzene rings is 3. The Morgan fingerprint density at radius 2 is 1.78 bits per heavy atom.